The number of rotatable bonds is 3. The number of carbonyl (C=O) groups excluding carboxylic acids is 1. The molecule has 8 heteroatoms. The Labute approximate surface area is 99.3 Å². The van der Waals surface area contributed by atoms with E-state index in [0.717, 1.165) is 6.07 Å². The first kappa shape index (κ1) is 13.6. The normalized spacial score (nSPS) is 11.2. The van der Waals surface area contributed by atoms with Crippen LogP contribution < -0.4 is 9.47 Å². The van der Waals surface area contributed by atoms with Crippen LogP contribution in [0.25, 0.3) is 0 Å². The average Bonchev–Trinajstić information content (AvgIpc) is 2.13. The highest BCUT2D eigenvalue weighted by molar-refractivity contribution is 6.67. The molecule has 0 radical (unpaired) electrons. The summed E-state index contributed by atoms with van der Waals surface area (Å²) in [6, 6.07) is 0.996. The lowest BCUT2D eigenvalue weighted by molar-refractivity contribution is -0.276. The molecule has 0 bridgehead atoms. The number of aromatic nitrogens is 1. The van der Waals surface area contributed by atoms with Crippen molar-refractivity contribution in [2.45, 2.75) is 13.3 Å². The van der Waals surface area contributed by atoms with Gasteiger partial charge in [-0.15, -0.1) is 13.2 Å². The van der Waals surface area contributed by atoms with Crippen molar-refractivity contribution in [3.05, 3.63) is 17.3 Å². The van der Waals surface area contributed by atoms with Gasteiger partial charge in [0.15, 0.2) is 11.4 Å². The smallest absolute Gasteiger partial charge is 0.494 e. The first-order valence-electron chi connectivity index (χ1n) is 4.26. The zero-order chi connectivity index (χ0) is 13.2. The predicted octanol–water partition coefficient (Wildman–Crippen LogP) is 2.68. The van der Waals surface area contributed by atoms with E-state index in [4.69, 9.17) is 16.3 Å². The molecule has 17 heavy (non-hydrogen) atoms. The topological polar surface area (TPSA) is 48.4 Å². The summed E-state index contributed by atoms with van der Waals surface area (Å²) in [5.74, 6) is -0.751. The first-order chi connectivity index (χ1) is 7.74. The molecule has 0 spiro atoms. The molecule has 0 saturated heterocycles. The average molecular weight is 270 g/mol. The molecule has 0 fully saturated rings. The maximum atomic E-state index is 12.0. The van der Waals surface area contributed by atoms with Crippen LogP contribution in [-0.4, -0.2) is 23.7 Å². The lowest BCUT2D eigenvalue weighted by Gasteiger charge is -2.12. The Morgan fingerprint density at radius 1 is 1.47 bits per heavy atom. The van der Waals surface area contributed by atoms with Crippen LogP contribution in [0.5, 0.6) is 11.6 Å². The van der Waals surface area contributed by atoms with Crippen molar-refractivity contribution in [1.29, 1.82) is 0 Å². The number of ether oxygens (including phenoxy) is 2. The molecule has 0 saturated carbocycles. The minimum absolute atomic E-state index is 0.0134. The van der Waals surface area contributed by atoms with Gasteiger partial charge in [0.25, 0.3) is 5.24 Å². The van der Waals surface area contributed by atoms with Crippen LogP contribution in [0.3, 0.4) is 0 Å². The van der Waals surface area contributed by atoms with Crippen molar-refractivity contribution in [3.63, 3.8) is 0 Å². The van der Waals surface area contributed by atoms with Crippen molar-refractivity contribution < 1.29 is 27.4 Å². The molecule has 1 aromatic rings. The number of nitrogens with zero attached hydrogens (tertiary/aromatic N) is 1. The predicted molar refractivity (Wildman–Crippen MR) is 52.4 cm³/mol. The van der Waals surface area contributed by atoms with Gasteiger partial charge in [0.1, 0.15) is 0 Å². The number of pyridine rings is 1. The molecule has 1 heterocycles. The minimum atomic E-state index is -4.89. The Morgan fingerprint density at radius 3 is 2.47 bits per heavy atom. The highest BCUT2D eigenvalue weighted by atomic mass is 35.5. The zero-order valence-electron chi connectivity index (χ0n) is 8.76. The number of alkyl halides is 3. The Morgan fingerprint density at radius 2 is 2.06 bits per heavy atom. The molecule has 94 valence electrons. The Balaban J connectivity index is 3.25. The van der Waals surface area contributed by atoms with E-state index < -0.39 is 23.2 Å². The highest BCUT2D eigenvalue weighted by Crippen LogP contribution is 2.29. The summed E-state index contributed by atoms with van der Waals surface area (Å²) in [6.07, 6.45) is -4.89. The highest BCUT2D eigenvalue weighted by Gasteiger charge is 2.32. The summed E-state index contributed by atoms with van der Waals surface area (Å²) < 4.78 is 44.3. The fourth-order valence-electron chi connectivity index (χ4n) is 1.19. The van der Waals surface area contributed by atoms with Gasteiger partial charge in [0.2, 0.25) is 5.88 Å². The molecule has 4 nitrogen and oxygen atoms in total. The summed E-state index contributed by atoms with van der Waals surface area (Å²) >= 11 is 5.18. The molecule has 0 aliphatic rings. The van der Waals surface area contributed by atoms with E-state index >= 15 is 0 Å². The lowest BCUT2D eigenvalue weighted by atomic mass is 10.2. The molecular formula is C9H7ClF3NO3. The number of hydrogen-bond donors (Lipinski definition) is 0. The van der Waals surface area contributed by atoms with Crippen LogP contribution in [-0.2, 0) is 0 Å². The summed E-state index contributed by atoms with van der Waals surface area (Å²) in [5, 5.41) is -1.03. The van der Waals surface area contributed by atoms with Crippen molar-refractivity contribution in [2.75, 3.05) is 7.11 Å². The van der Waals surface area contributed by atoms with E-state index in [1.54, 1.807) is 0 Å². The van der Waals surface area contributed by atoms with E-state index in [9.17, 15) is 18.0 Å². The van der Waals surface area contributed by atoms with Crippen LogP contribution in [0.1, 0.15) is 16.1 Å². The SMILES string of the molecule is COc1c(C)cc(OC(F)(F)F)nc1C(=O)Cl. The van der Waals surface area contributed by atoms with Gasteiger partial charge < -0.3 is 9.47 Å². The summed E-state index contributed by atoms with van der Waals surface area (Å²) in [4.78, 5) is 14.3. The van der Waals surface area contributed by atoms with Gasteiger partial charge in [0.05, 0.1) is 7.11 Å². The summed E-state index contributed by atoms with van der Waals surface area (Å²) in [7, 11) is 1.25. The Kier molecular flexibility index (Phi) is 3.82. The quantitative estimate of drug-likeness (QED) is 0.792. The third kappa shape index (κ3) is 3.48. The van der Waals surface area contributed by atoms with Gasteiger partial charge >= 0.3 is 6.36 Å². The molecule has 0 unspecified atom stereocenters. The number of carbonyl (C=O) groups is 1. The van der Waals surface area contributed by atoms with Gasteiger partial charge in [-0.05, 0) is 24.1 Å². The van der Waals surface area contributed by atoms with Crippen molar-refractivity contribution >= 4 is 16.8 Å². The molecule has 1 aromatic heterocycles. The summed E-state index contributed by atoms with van der Waals surface area (Å²) in [5.41, 5.74) is -0.167. The molecule has 0 amide bonds. The van der Waals surface area contributed by atoms with Crippen LogP contribution in [0.2, 0.25) is 0 Å². The number of aryl methyl sites for hydroxylation is 1. The monoisotopic (exact) mass is 269 g/mol. The van der Waals surface area contributed by atoms with E-state index in [2.05, 4.69) is 9.72 Å². The number of hydrogen-bond acceptors (Lipinski definition) is 4. The van der Waals surface area contributed by atoms with E-state index in [1.807, 2.05) is 0 Å². The van der Waals surface area contributed by atoms with Gasteiger partial charge in [0, 0.05) is 6.07 Å². The van der Waals surface area contributed by atoms with E-state index in [0.29, 0.717) is 0 Å². The van der Waals surface area contributed by atoms with Gasteiger partial charge in [-0.25, -0.2) is 4.98 Å². The standard InChI is InChI=1S/C9H7ClF3NO3/c1-4-3-5(17-9(11,12)13)14-6(8(10)15)7(4)16-2/h3H,1-2H3. The van der Waals surface area contributed by atoms with Crippen LogP contribution >= 0.6 is 11.6 Å². The van der Waals surface area contributed by atoms with Crippen LogP contribution in [0.4, 0.5) is 13.2 Å². The zero-order valence-corrected chi connectivity index (χ0v) is 9.52. The van der Waals surface area contributed by atoms with Crippen molar-refractivity contribution in [3.8, 4) is 11.6 Å². The van der Waals surface area contributed by atoms with Gasteiger partial charge in [-0.3, -0.25) is 4.79 Å². The molecule has 0 N–H and O–H groups in total. The van der Waals surface area contributed by atoms with Crippen molar-refractivity contribution in [1.82, 2.24) is 4.98 Å². The maximum absolute atomic E-state index is 12.0. The second-order valence-electron chi connectivity index (χ2n) is 2.98. The number of methoxy groups -OCH3 is 1. The van der Waals surface area contributed by atoms with Crippen LogP contribution in [0.15, 0.2) is 6.07 Å². The van der Waals surface area contributed by atoms with Gasteiger partial charge in [-0.1, -0.05) is 0 Å². The molecule has 0 aliphatic heterocycles. The van der Waals surface area contributed by atoms with Gasteiger partial charge in [-0.2, -0.15) is 0 Å². The maximum Gasteiger partial charge on any atom is 0.574 e. The van der Waals surface area contributed by atoms with Crippen molar-refractivity contribution in [2.24, 2.45) is 0 Å². The molecule has 0 aliphatic carbocycles. The third-order valence-corrected chi connectivity index (χ3v) is 1.92. The third-order valence-electron chi connectivity index (χ3n) is 1.75. The second kappa shape index (κ2) is 4.79. The summed E-state index contributed by atoms with van der Waals surface area (Å²) in [6.45, 7) is 1.44. The number of halogens is 4. The van der Waals surface area contributed by atoms with E-state index in [-0.39, 0.29) is 11.3 Å². The van der Waals surface area contributed by atoms with Crippen LogP contribution in [0, 0.1) is 6.92 Å². The Bertz CT molecular complexity index is 448. The lowest BCUT2D eigenvalue weighted by Crippen LogP contribution is -2.18. The minimum Gasteiger partial charge on any atom is -0.494 e. The molecule has 1 rings (SSSR count). The fourth-order valence-corrected chi connectivity index (χ4v) is 1.32. The molecule has 0 aromatic carbocycles. The largest absolute Gasteiger partial charge is 0.574 e. The second-order valence-corrected chi connectivity index (χ2v) is 3.32. The first-order valence-corrected chi connectivity index (χ1v) is 4.63. The molecular weight excluding hydrogens is 263 g/mol. The fraction of sp³-hybridized carbons (Fsp3) is 0.333. The molecule has 0 atom stereocenters. The Hall–Kier alpha value is -1.50. The van der Waals surface area contributed by atoms with E-state index in [1.165, 1.54) is 14.0 Å².